The van der Waals surface area contributed by atoms with Crippen molar-refractivity contribution in [1.29, 1.82) is 0 Å². The molecule has 1 heterocycles. The van der Waals surface area contributed by atoms with Crippen molar-refractivity contribution in [3.63, 3.8) is 0 Å². The predicted octanol–water partition coefficient (Wildman–Crippen LogP) is 4.02. The van der Waals surface area contributed by atoms with Gasteiger partial charge in [0.2, 0.25) is 0 Å². The number of aryl methyl sites for hydroxylation is 1. The molecule has 0 bridgehead atoms. The summed E-state index contributed by atoms with van der Waals surface area (Å²) in [7, 11) is 1.88. The van der Waals surface area contributed by atoms with Crippen LogP contribution in [-0.2, 0) is 5.41 Å². The van der Waals surface area contributed by atoms with E-state index in [1.54, 1.807) is 6.07 Å². The molecule has 18 heavy (non-hydrogen) atoms. The van der Waals surface area contributed by atoms with Crippen molar-refractivity contribution in [2.75, 3.05) is 12.4 Å². The predicted molar refractivity (Wildman–Crippen MR) is 74.7 cm³/mol. The molecule has 0 unspecified atom stereocenters. The van der Waals surface area contributed by atoms with Gasteiger partial charge in [-0.1, -0.05) is 20.8 Å². The fourth-order valence-corrected chi connectivity index (χ4v) is 2.12. The molecule has 2 rings (SSSR count). The third kappa shape index (κ3) is 2.17. The van der Waals surface area contributed by atoms with E-state index in [4.69, 9.17) is 0 Å². The molecular weight excluding hydrogens is 227 g/mol. The summed E-state index contributed by atoms with van der Waals surface area (Å²) in [5.74, 6) is -0.236. The smallest absolute Gasteiger partial charge is 0.125 e. The fraction of sp³-hybridized carbons (Fsp3) is 0.400. The lowest BCUT2D eigenvalue weighted by molar-refractivity contribution is 0.571. The maximum Gasteiger partial charge on any atom is 0.125 e. The van der Waals surface area contributed by atoms with Crippen molar-refractivity contribution in [2.45, 2.75) is 33.1 Å². The van der Waals surface area contributed by atoms with E-state index in [0.29, 0.717) is 5.52 Å². The van der Waals surface area contributed by atoms with Gasteiger partial charge >= 0.3 is 0 Å². The average molecular weight is 246 g/mol. The van der Waals surface area contributed by atoms with Gasteiger partial charge in [0, 0.05) is 35.3 Å². The molecule has 96 valence electrons. The Hall–Kier alpha value is -1.64. The maximum atomic E-state index is 13.5. The summed E-state index contributed by atoms with van der Waals surface area (Å²) >= 11 is 0. The minimum atomic E-state index is -0.236. The van der Waals surface area contributed by atoms with Gasteiger partial charge in [-0.25, -0.2) is 4.39 Å². The summed E-state index contributed by atoms with van der Waals surface area (Å²) in [6.07, 6.45) is 0. The number of rotatable bonds is 1. The molecule has 0 radical (unpaired) electrons. The topological polar surface area (TPSA) is 24.9 Å². The Labute approximate surface area is 107 Å². The third-order valence-corrected chi connectivity index (χ3v) is 3.11. The first-order chi connectivity index (χ1) is 8.32. The van der Waals surface area contributed by atoms with Gasteiger partial charge in [-0.2, -0.15) is 0 Å². The molecule has 0 aliphatic rings. The van der Waals surface area contributed by atoms with E-state index in [9.17, 15) is 4.39 Å². The van der Waals surface area contributed by atoms with E-state index >= 15 is 0 Å². The van der Waals surface area contributed by atoms with Crippen molar-refractivity contribution < 1.29 is 4.39 Å². The summed E-state index contributed by atoms with van der Waals surface area (Å²) in [5.41, 5.74) is 3.53. The SMILES string of the molecule is CNc1cc(C(C)(C)C)nc2cc(F)cc(C)c12. The van der Waals surface area contributed by atoms with Crippen LogP contribution in [0.3, 0.4) is 0 Å². The van der Waals surface area contributed by atoms with Crippen molar-refractivity contribution in [2.24, 2.45) is 0 Å². The molecule has 2 nitrogen and oxygen atoms in total. The molecule has 0 saturated heterocycles. The van der Waals surface area contributed by atoms with Gasteiger partial charge in [0.1, 0.15) is 5.82 Å². The molecule has 1 N–H and O–H groups in total. The Morgan fingerprint density at radius 1 is 1.17 bits per heavy atom. The van der Waals surface area contributed by atoms with Gasteiger partial charge in [-0.15, -0.1) is 0 Å². The van der Waals surface area contributed by atoms with Gasteiger partial charge in [0.05, 0.1) is 5.52 Å². The van der Waals surface area contributed by atoms with Crippen LogP contribution in [0.5, 0.6) is 0 Å². The van der Waals surface area contributed by atoms with E-state index in [1.807, 2.05) is 20.0 Å². The number of nitrogens with one attached hydrogen (secondary N) is 1. The summed E-state index contributed by atoms with van der Waals surface area (Å²) in [6.45, 7) is 8.22. The van der Waals surface area contributed by atoms with Crippen molar-refractivity contribution in [3.05, 3.63) is 35.3 Å². The number of hydrogen-bond acceptors (Lipinski definition) is 2. The number of halogens is 1. The Morgan fingerprint density at radius 3 is 2.39 bits per heavy atom. The van der Waals surface area contributed by atoms with Crippen LogP contribution in [0.1, 0.15) is 32.0 Å². The number of aromatic nitrogens is 1. The summed E-state index contributed by atoms with van der Waals surface area (Å²) < 4.78 is 13.5. The van der Waals surface area contributed by atoms with Gasteiger partial charge < -0.3 is 5.32 Å². The van der Waals surface area contributed by atoms with Crippen molar-refractivity contribution in [3.8, 4) is 0 Å². The van der Waals surface area contributed by atoms with Crippen LogP contribution in [0.4, 0.5) is 10.1 Å². The van der Waals surface area contributed by atoms with E-state index in [2.05, 4.69) is 31.1 Å². The largest absolute Gasteiger partial charge is 0.388 e. The van der Waals surface area contributed by atoms with Crippen LogP contribution in [0.15, 0.2) is 18.2 Å². The molecule has 2 aromatic rings. The quantitative estimate of drug-likeness (QED) is 0.822. The first-order valence-electron chi connectivity index (χ1n) is 6.12. The molecule has 0 amide bonds. The van der Waals surface area contributed by atoms with Crippen LogP contribution >= 0.6 is 0 Å². The highest BCUT2D eigenvalue weighted by Crippen LogP contribution is 2.31. The number of benzene rings is 1. The summed E-state index contributed by atoms with van der Waals surface area (Å²) in [5, 5.41) is 4.17. The van der Waals surface area contributed by atoms with Gasteiger partial charge in [0.25, 0.3) is 0 Å². The normalized spacial score (nSPS) is 11.9. The summed E-state index contributed by atoms with van der Waals surface area (Å²) in [6, 6.07) is 5.09. The standard InChI is InChI=1S/C15H19FN2/c1-9-6-10(16)7-12-14(9)11(17-5)8-13(18-12)15(2,3)4/h6-8H,1-5H3,(H,17,18). The zero-order valence-corrected chi connectivity index (χ0v) is 11.6. The first kappa shape index (κ1) is 12.8. The van der Waals surface area contributed by atoms with Crippen molar-refractivity contribution in [1.82, 2.24) is 4.98 Å². The average Bonchev–Trinajstić information content (AvgIpc) is 2.25. The molecule has 0 aliphatic heterocycles. The molecule has 0 spiro atoms. The summed E-state index contributed by atoms with van der Waals surface area (Å²) in [4.78, 5) is 4.60. The zero-order valence-electron chi connectivity index (χ0n) is 11.6. The molecule has 0 atom stereocenters. The number of pyridine rings is 1. The van der Waals surface area contributed by atoms with E-state index in [0.717, 1.165) is 22.3 Å². The molecule has 1 aromatic heterocycles. The van der Waals surface area contributed by atoms with Crippen LogP contribution in [0, 0.1) is 12.7 Å². The molecule has 3 heteroatoms. The first-order valence-corrected chi connectivity index (χ1v) is 6.12. The number of hydrogen-bond donors (Lipinski definition) is 1. The maximum absolute atomic E-state index is 13.5. The lowest BCUT2D eigenvalue weighted by Crippen LogP contribution is -2.14. The highest BCUT2D eigenvalue weighted by atomic mass is 19.1. The van der Waals surface area contributed by atoms with Crippen LogP contribution in [0.2, 0.25) is 0 Å². The second kappa shape index (κ2) is 4.23. The molecule has 0 saturated carbocycles. The minimum Gasteiger partial charge on any atom is -0.388 e. The lowest BCUT2D eigenvalue weighted by atomic mass is 9.90. The van der Waals surface area contributed by atoms with Gasteiger partial charge in [0.15, 0.2) is 0 Å². The third-order valence-electron chi connectivity index (χ3n) is 3.11. The fourth-order valence-electron chi connectivity index (χ4n) is 2.12. The Balaban J connectivity index is 2.84. The molecule has 1 aromatic carbocycles. The number of nitrogens with zero attached hydrogens (tertiary/aromatic N) is 1. The minimum absolute atomic E-state index is 0.0555. The number of fused-ring (bicyclic) bond motifs is 1. The highest BCUT2D eigenvalue weighted by Gasteiger charge is 2.18. The Bertz CT molecular complexity index is 597. The monoisotopic (exact) mass is 246 g/mol. The second-order valence-corrected chi connectivity index (χ2v) is 5.67. The van der Waals surface area contributed by atoms with Crippen LogP contribution < -0.4 is 5.32 Å². The van der Waals surface area contributed by atoms with E-state index < -0.39 is 0 Å². The van der Waals surface area contributed by atoms with E-state index in [1.165, 1.54) is 6.07 Å². The molecule has 0 fully saturated rings. The van der Waals surface area contributed by atoms with E-state index in [-0.39, 0.29) is 11.2 Å². The van der Waals surface area contributed by atoms with Gasteiger partial charge in [-0.05, 0) is 24.6 Å². The number of anilines is 1. The lowest BCUT2D eigenvalue weighted by Gasteiger charge is -2.20. The van der Waals surface area contributed by atoms with Crippen molar-refractivity contribution >= 4 is 16.6 Å². The second-order valence-electron chi connectivity index (χ2n) is 5.67. The molecular formula is C15H19FN2. The van der Waals surface area contributed by atoms with Crippen LogP contribution in [0.25, 0.3) is 10.9 Å². The Morgan fingerprint density at radius 2 is 1.83 bits per heavy atom. The zero-order chi connectivity index (χ0) is 13.5. The van der Waals surface area contributed by atoms with Gasteiger partial charge in [-0.3, -0.25) is 4.98 Å². The van der Waals surface area contributed by atoms with Crippen LogP contribution in [-0.4, -0.2) is 12.0 Å². The molecule has 0 aliphatic carbocycles. The highest BCUT2D eigenvalue weighted by molar-refractivity contribution is 5.94. The Kier molecular flexibility index (Phi) is 3.01.